The van der Waals surface area contributed by atoms with Crippen LogP contribution in [0.2, 0.25) is 0 Å². The van der Waals surface area contributed by atoms with Crippen molar-refractivity contribution in [3.05, 3.63) is 35.4 Å². The van der Waals surface area contributed by atoms with Crippen molar-refractivity contribution in [1.29, 1.82) is 0 Å². The molecule has 0 bridgehead atoms. The van der Waals surface area contributed by atoms with Gasteiger partial charge in [0, 0.05) is 25.7 Å². The average molecular weight is 342 g/mol. The largest absolute Gasteiger partial charge is 0.416 e. The molecular formula is C17H21F3N2O2. The van der Waals surface area contributed by atoms with Crippen molar-refractivity contribution in [2.24, 2.45) is 0 Å². The van der Waals surface area contributed by atoms with Crippen molar-refractivity contribution in [2.45, 2.75) is 37.6 Å². The van der Waals surface area contributed by atoms with E-state index < -0.39 is 23.9 Å². The van der Waals surface area contributed by atoms with Crippen molar-refractivity contribution < 1.29 is 23.1 Å². The van der Waals surface area contributed by atoms with Crippen molar-refractivity contribution >= 4 is 5.91 Å². The maximum Gasteiger partial charge on any atom is 0.416 e. The molecule has 1 N–H and O–H groups in total. The minimum atomic E-state index is -4.45. The molecule has 2 fully saturated rings. The molecule has 0 radical (unpaired) electrons. The number of alkyl halides is 3. The molecule has 2 heterocycles. The van der Waals surface area contributed by atoms with Gasteiger partial charge in [0.05, 0.1) is 18.2 Å². The molecule has 0 saturated carbocycles. The number of amides is 1. The fourth-order valence-electron chi connectivity index (χ4n) is 3.66. The van der Waals surface area contributed by atoms with Gasteiger partial charge in [0.1, 0.15) is 0 Å². The number of carbonyl (C=O) groups excluding carboxylic acids is 1. The molecule has 132 valence electrons. The highest BCUT2D eigenvalue weighted by atomic mass is 19.4. The fraction of sp³-hybridized carbons (Fsp3) is 0.588. The van der Waals surface area contributed by atoms with Crippen LogP contribution in [0.5, 0.6) is 0 Å². The molecule has 2 aliphatic rings. The molecule has 2 saturated heterocycles. The summed E-state index contributed by atoms with van der Waals surface area (Å²) < 4.78 is 39.8. The van der Waals surface area contributed by atoms with Crippen LogP contribution in [0.4, 0.5) is 13.2 Å². The molecule has 0 unspecified atom stereocenters. The maximum absolute atomic E-state index is 13.3. The van der Waals surface area contributed by atoms with E-state index in [1.165, 1.54) is 12.1 Å². The van der Waals surface area contributed by atoms with Crippen molar-refractivity contribution in [3.8, 4) is 0 Å². The topological polar surface area (TPSA) is 43.8 Å². The van der Waals surface area contributed by atoms with Gasteiger partial charge in [-0.3, -0.25) is 9.69 Å². The number of β-amino-alcohol motifs (C(OH)–C–C–N with tert-alkyl or cyclic N) is 1. The van der Waals surface area contributed by atoms with Crippen LogP contribution in [0.1, 0.15) is 36.4 Å². The lowest BCUT2D eigenvalue weighted by Gasteiger charge is -2.28. The number of hydrogen-bond acceptors (Lipinski definition) is 3. The highest BCUT2D eigenvalue weighted by Crippen LogP contribution is 2.40. The second-order valence-corrected chi connectivity index (χ2v) is 6.51. The van der Waals surface area contributed by atoms with Gasteiger partial charge in [-0.05, 0) is 30.9 Å². The van der Waals surface area contributed by atoms with E-state index in [-0.39, 0.29) is 31.0 Å². The number of rotatable bonds is 3. The third-order valence-electron chi connectivity index (χ3n) is 4.80. The highest BCUT2D eigenvalue weighted by Gasteiger charge is 2.40. The number of aliphatic hydroxyl groups is 1. The van der Waals surface area contributed by atoms with Crippen molar-refractivity contribution in [1.82, 2.24) is 9.80 Å². The standard InChI is InChI=1S/C17H21F3N2O2/c18-17(19,20)14-6-2-1-5-13(14)15-9-12(23)10-22(15)11-16(24)21-7-3-4-8-21/h1-2,5-6,12,15,23H,3-4,7-11H2/t12-,15-/m0/s1. The first-order valence-electron chi connectivity index (χ1n) is 8.22. The molecule has 3 rings (SSSR count). The molecule has 0 aromatic heterocycles. The van der Waals surface area contributed by atoms with E-state index in [9.17, 15) is 23.1 Å². The second kappa shape index (κ2) is 6.72. The molecule has 1 amide bonds. The Balaban J connectivity index is 1.82. The predicted octanol–water partition coefficient (Wildman–Crippen LogP) is 2.44. The first-order valence-corrected chi connectivity index (χ1v) is 8.22. The van der Waals surface area contributed by atoms with Crippen LogP contribution in [0.15, 0.2) is 24.3 Å². The smallest absolute Gasteiger partial charge is 0.392 e. The Morgan fingerprint density at radius 1 is 1.21 bits per heavy atom. The maximum atomic E-state index is 13.3. The molecule has 2 atom stereocenters. The Bertz CT molecular complexity index is 600. The van der Waals surface area contributed by atoms with Gasteiger partial charge >= 0.3 is 6.18 Å². The van der Waals surface area contributed by atoms with Gasteiger partial charge in [0.25, 0.3) is 0 Å². The Kier molecular flexibility index (Phi) is 4.83. The zero-order chi connectivity index (χ0) is 17.3. The molecule has 24 heavy (non-hydrogen) atoms. The first kappa shape index (κ1) is 17.2. The van der Waals surface area contributed by atoms with Gasteiger partial charge in [-0.15, -0.1) is 0 Å². The molecular weight excluding hydrogens is 321 g/mol. The van der Waals surface area contributed by atoms with Gasteiger partial charge < -0.3 is 10.0 Å². The average Bonchev–Trinajstić information content (AvgIpc) is 3.16. The summed E-state index contributed by atoms with van der Waals surface area (Å²) in [4.78, 5) is 15.8. The predicted molar refractivity (Wildman–Crippen MR) is 82.2 cm³/mol. The molecule has 2 aliphatic heterocycles. The first-order chi connectivity index (χ1) is 11.4. The van der Waals surface area contributed by atoms with Crippen LogP contribution in [0.25, 0.3) is 0 Å². The summed E-state index contributed by atoms with van der Waals surface area (Å²) in [5.74, 6) is -0.0731. The van der Waals surface area contributed by atoms with Crippen LogP contribution in [-0.4, -0.2) is 53.1 Å². The lowest BCUT2D eigenvalue weighted by atomic mass is 9.97. The quantitative estimate of drug-likeness (QED) is 0.918. The fourth-order valence-corrected chi connectivity index (χ4v) is 3.66. The number of carbonyl (C=O) groups is 1. The zero-order valence-corrected chi connectivity index (χ0v) is 13.3. The minimum Gasteiger partial charge on any atom is -0.392 e. The third-order valence-corrected chi connectivity index (χ3v) is 4.80. The van der Waals surface area contributed by atoms with Gasteiger partial charge in [0.2, 0.25) is 5.91 Å². The number of likely N-dealkylation sites (tertiary alicyclic amines) is 2. The highest BCUT2D eigenvalue weighted by molar-refractivity contribution is 5.78. The van der Waals surface area contributed by atoms with Crippen LogP contribution < -0.4 is 0 Å². The summed E-state index contributed by atoms with van der Waals surface area (Å²) in [5.41, 5.74) is -0.557. The number of aliphatic hydroxyl groups excluding tert-OH is 1. The Morgan fingerprint density at radius 3 is 2.54 bits per heavy atom. The third kappa shape index (κ3) is 3.57. The van der Waals surface area contributed by atoms with E-state index in [2.05, 4.69) is 0 Å². The number of hydrogen-bond donors (Lipinski definition) is 1. The Hall–Kier alpha value is -1.60. The van der Waals surface area contributed by atoms with Crippen LogP contribution in [0.3, 0.4) is 0 Å². The van der Waals surface area contributed by atoms with E-state index >= 15 is 0 Å². The summed E-state index contributed by atoms with van der Waals surface area (Å²) in [6, 6.07) is 4.83. The summed E-state index contributed by atoms with van der Waals surface area (Å²) in [7, 11) is 0. The van der Waals surface area contributed by atoms with Crippen LogP contribution in [0, 0.1) is 0 Å². The van der Waals surface area contributed by atoms with Gasteiger partial charge in [-0.2, -0.15) is 13.2 Å². The second-order valence-electron chi connectivity index (χ2n) is 6.51. The van der Waals surface area contributed by atoms with Gasteiger partial charge in [0.15, 0.2) is 0 Å². The molecule has 0 spiro atoms. The molecule has 7 heteroatoms. The SMILES string of the molecule is O=C(CN1C[C@@H](O)C[C@H]1c1ccccc1C(F)(F)F)N1CCCC1. The monoisotopic (exact) mass is 342 g/mol. The summed E-state index contributed by atoms with van der Waals surface area (Å²) in [6.45, 7) is 1.68. The lowest BCUT2D eigenvalue weighted by molar-refractivity contribution is -0.138. The number of halogens is 3. The van der Waals surface area contributed by atoms with Crippen molar-refractivity contribution in [2.75, 3.05) is 26.2 Å². The molecule has 1 aromatic carbocycles. The van der Waals surface area contributed by atoms with E-state index in [0.717, 1.165) is 18.9 Å². The van der Waals surface area contributed by atoms with E-state index in [0.29, 0.717) is 13.1 Å². The Morgan fingerprint density at radius 2 is 1.88 bits per heavy atom. The summed E-state index contributed by atoms with van der Waals surface area (Å²) >= 11 is 0. The minimum absolute atomic E-state index is 0.0495. The summed E-state index contributed by atoms with van der Waals surface area (Å²) in [6.07, 6.45) is -3.03. The Labute approximate surface area is 138 Å². The lowest BCUT2D eigenvalue weighted by Crippen LogP contribution is -2.39. The van der Waals surface area contributed by atoms with Crippen LogP contribution >= 0.6 is 0 Å². The van der Waals surface area contributed by atoms with E-state index in [1.807, 2.05) is 0 Å². The number of benzene rings is 1. The summed E-state index contributed by atoms with van der Waals surface area (Å²) in [5, 5.41) is 9.96. The molecule has 0 aliphatic carbocycles. The molecule has 4 nitrogen and oxygen atoms in total. The van der Waals surface area contributed by atoms with E-state index in [4.69, 9.17) is 0 Å². The van der Waals surface area contributed by atoms with Gasteiger partial charge in [-0.25, -0.2) is 0 Å². The zero-order valence-electron chi connectivity index (χ0n) is 13.3. The van der Waals surface area contributed by atoms with Crippen molar-refractivity contribution in [3.63, 3.8) is 0 Å². The van der Waals surface area contributed by atoms with E-state index in [1.54, 1.807) is 15.9 Å². The normalized spacial score (nSPS) is 25.4. The van der Waals surface area contributed by atoms with Gasteiger partial charge in [-0.1, -0.05) is 18.2 Å². The number of nitrogens with zero attached hydrogens (tertiary/aromatic N) is 2. The van der Waals surface area contributed by atoms with Crippen LogP contribution in [-0.2, 0) is 11.0 Å². The molecule has 1 aromatic rings.